The third-order valence-corrected chi connectivity index (χ3v) is 2.84. The van der Waals surface area contributed by atoms with Crippen LogP contribution in [-0.2, 0) is 0 Å². The maximum absolute atomic E-state index is 10.0. The minimum absolute atomic E-state index is 0.0835. The number of aromatic hydroxyl groups is 1. The molecule has 2 aromatic carbocycles. The smallest absolute Gasteiger partial charge is 0.166 e. The van der Waals surface area contributed by atoms with Crippen molar-refractivity contribution >= 4 is 23.5 Å². The van der Waals surface area contributed by atoms with E-state index in [1.54, 1.807) is 30.5 Å². The van der Waals surface area contributed by atoms with E-state index in [4.69, 9.17) is 16.3 Å². The fraction of sp³-hybridized carbons (Fsp3) is 0.133. The second kappa shape index (κ2) is 6.25. The molecule has 0 aliphatic rings. The fourth-order valence-corrected chi connectivity index (χ4v) is 1.80. The Kier molecular flexibility index (Phi) is 4.42. The van der Waals surface area contributed by atoms with Crippen molar-refractivity contribution in [2.75, 3.05) is 6.61 Å². The van der Waals surface area contributed by atoms with Crippen LogP contribution in [0.3, 0.4) is 0 Å². The number of para-hydroxylation sites is 2. The second-order valence-corrected chi connectivity index (χ2v) is 4.24. The molecule has 0 spiro atoms. The third-order valence-electron chi connectivity index (χ3n) is 2.53. The van der Waals surface area contributed by atoms with E-state index in [2.05, 4.69) is 4.99 Å². The number of rotatable bonds is 4. The molecule has 1 N–H and O–H groups in total. The number of hydrogen-bond acceptors (Lipinski definition) is 3. The summed E-state index contributed by atoms with van der Waals surface area (Å²) in [5.74, 6) is 0.533. The van der Waals surface area contributed by atoms with E-state index in [1.807, 2.05) is 25.1 Å². The van der Waals surface area contributed by atoms with Gasteiger partial charge in [0.2, 0.25) is 0 Å². The lowest BCUT2D eigenvalue weighted by Gasteiger charge is -2.07. The number of nitrogens with zero attached hydrogens (tertiary/aromatic N) is 1. The normalized spacial score (nSPS) is 10.8. The lowest BCUT2D eigenvalue weighted by Crippen LogP contribution is -1.93. The van der Waals surface area contributed by atoms with Crippen molar-refractivity contribution in [3.05, 3.63) is 53.1 Å². The number of benzene rings is 2. The first-order chi connectivity index (χ1) is 9.22. The largest absolute Gasteiger partial charge is 0.504 e. The fourth-order valence-electron chi connectivity index (χ4n) is 1.61. The van der Waals surface area contributed by atoms with Crippen LogP contribution in [0.15, 0.2) is 47.5 Å². The van der Waals surface area contributed by atoms with Crippen molar-refractivity contribution in [3.8, 4) is 11.5 Å². The highest BCUT2D eigenvalue weighted by Gasteiger charge is 2.05. The Morgan fingerprint density at radius 1 is 1.21 bits per heavy atom. The molecule has 2 aromatic rings. The Labute approximate surface area is 117 Å². The van der Waals surface area contributed by atoms with Crippen LogP contribution in [0.1, 0.15) is 12.5 Å². The van der Waals surface area contributed by atoms with Gasteiger partial charge in [-0.2, -0.15) is 0 Å². The topological polar surface area (TPSA) is 41.8 Å². The molecule has 0 aliphatic carbocycles. The zero-order chi connectivity index (χ0) is 13.7. The minimum atomic E-state index is 0.0835. The first kappa shape index (κ1) is 13.4. The summed E-state index contributed by atoms with van der Waals surface area (Å²) in [5.41, 5.74) is 1.25. The Morgan fingerprint density at radius 3 is 2.74 bits per heavy atom. The van der Waals surface area contributed by atoms with Crippen LogP contribution in [-0.4, -0.2) is 17.9 Å². The van der Waals surface area contributed by atoms with E-state index in [0.29, 0.717) is 28.6 Å². The van der Waals surface area contributed by atoms with Gasteiger partial charge >= 0.3 is 0 Å². The quantitative estimate of drug-likeness (QED) is 0.850. The van der Waals surface area contributed by atoms with Crippen LogP contribution < -0.4 is 4.74 Å². The van der Waals surface area contributed by atoms with Crippen LogP contribution in [0.2, 0.25) is 5.02 Å². The van der Waals surface area contributed by atoms with Crippen LogP contribution in [0.4, 0.5) is 5.69 Å². The van der Waals surface area contributed by atoms with E-state index in [9.17, 15) is 5.11 Å². The summed E-state index contributed by atoms with van der Waals surface area (Å²) < 4.78 is 5.32. The molecule has 0 aromatic heterocycles. The molecule has 0 heterocycles. The van der Waals surface area contributed by atoms with Gasteiger partial charge in [0.05, 0.1) is 17.3 Å². The predicted molar refractivity (Wildman–Crippen MR) is 78.0 cm³/mol. The van der Waals surface area contributed by atoms with Crippen molar-refractivity contribution in [3.63, 3.8) is 0 Å². The SMILES string of the molecule is CCOc1cccc(C=Nc2ccccc2Cl)c1O. The molecular weight excluding hydrogens is 262 g/mol. The standard InChI is InChI=1S/C15H14ClNO2/c1-2-19-14-9-5-6-11(15(14)18)10-17-13-8-4-3-7-12(13)16/h3-10,18H,2H2,1H3. The number of ether oxygens (including phenoxy) is 1. The summed E-state index contributed by atoms with van der Waals surface area (Å²) in [5, 5.41) is 10.6. The van der Waals surface area contributed by atoms with Crippen molar-refractivity contribution in [2.24, 2.45) is 4.99 Å². The molecule has 2 rings (SSSR count). The predicted octanol–water partition coefficient (Wildman–Crippen LogP) is 4.19. The highest BCUT2D eigenvalue weighted by molar-refractivity contribution is 6.33. The molecular formula is C15H14ClNO2. The summed E-state index contributed by atoms with van der Waals surface area (Å²) in [4.78, 5) is 4.27. The van der Waals surface area contributed by atoms with Gasteiger partial charge in [0.1, 0.15) is 0 Å². The molecule has 0 saturated heterocycles. The monoisotopic (exact) mass is 275 g/mol. The average molecular weight is 276 g/mol. The Hall–Kier alpha value is -2.00. The van der Waals surface area contributed by atoms with Crippen molar-refractivity contribution in [1.29, 1.82) is 0 Å². The zero-order valence-electron chi connectivity index (χ0n) is 10.5. The van der Waals surface area contributed by atoms with Crippen LogP contribution in [0, 0.1) is 0 Å². The first-order valence-electron chi connectivity index (χ1n) is 5.95. The van der Waals surface area contributed by atoms with Gasteiger partial charge in [-0.05, 0) is 31.2 Å². The molecule has 0 saturated carbocycles. The molecule has 0 unspecified atom stereocenters. The Balaban J connectivity index is 2.29. The van der Waals surface area contributed by atoms with Crippen LogP contribution in [0.5, 0.6) is 11.5 Å². The maximum atomic E-state index is 10.0. The summed E-state index contributed by atoms with van der Waals surface area (Å²) in [6.45, 7) is 2.36. The average Bonchev–Trinajstić information content (AvgIpc) is 2.42. The van der Waals surface area contributed by atoms with Crippen LogP contribution >= 0.6 is 11.6 Å². The summed E-state index contributed by atoms with van der Waals surface area (Å²) >= 11 is 6.01. The zero-order valence-corrected chi connectivity index (χ0v) is 11.3. The van der Waals surface area contributed by atoms with Crippen molar-refractivity contribution in [1.82, 2.24) is 0 Å². The van der Waals surface area contributed by atoms with Gasteiger partial charge in [0.15, 0.2) is 11.5 Å². The molecule has 98 valence electrons. The molecule has 0 amide bonds. The molecule has 0 radical (unpaired) electrons. The van der Waals surface area contributed by atoms with Gasteiger partial charge < -0.3 is 9.84 Å². The van der Waals surface area contributed by atoms with Crippen LogP contribution in [0.25, 0.3) is 0 Å². The molecule has 19 heavy (non-hydrogen) atoms. The minimum Gasteiger partial charge on any atom is -0.504 e. The number of phenolic OH excluding ortho intramolecular Hbond substituents is 1. The molecule has 0 aliphatic heterocycles. The number of aliphatic imine (C=N–C) groups is 1. The van der Waals surface area contributed by atoms with Crippen molar-refractivity contribution < 1.29 is 9.84 Å². The van der Waals surface area contributed by atoms with Gasteiger partial charge in [-0.15, -0.1) is 0 Å². The van der Waals surface area contributed by atoms with Gasteiger partial charge in [0, 0.05) is 11.8 Å². The van der Waals surface area contributed by atoms with Gasteiger partial charge in [-0.3, -0.25) is 4.99 Å². The maximum Gasteiger partial charge on any atom is 0.166 e. The lowest BCUT2D eigenvalue weighted by molar-refractivity contribution is 0.318. The Morgan fingerprint density at radius 2 is 2.00 bits per heavy atom. The highest BCUT2D eigenvalue weighted by atomic mass is 35.5. The number of halogens is 1. The first-order valence-corrected chi connectivity index (χ1v) is 6.33. The molecule has 0 bridgehead atoms. The van der Waals surface area contributed by atoms with Gasteiger partial charge in [0.25, 0.3) is 0 Å². The summed E-state index contributed by atoms with van der Waals surface area (Å²) in [6.07, 6.45) is 1.57. The molecule has 4 heteroatoms. The van der Waals surface area contributed by atoms with Gasteiger partial charge in [-0.25, -0.2) is 0 Å². The molecule has 0 fully saturated rings. The van der Waals surface area contributed by atoms with Crippen molar-refractivity contribution in [2.45, 2.75) is 6.92 Å². The number of phenols is 1. The second-order valence-electron chi connectivity index (χ2n) is 3.84. The van der Waals surface area contributed by atoms with E-state index >= 15 is 0 Å². The van der Waals surface area contributed by atoms with Gasteiger partial charge in [-0.1, -0.05) is 29.8 Å². The molecule has 3 nitrogen and oxygen atoms in total. The number of hydrogen-bond donors (Lipinski definition) is 1. The Bertz CT molecular complexity index is 596. The summed E-state index contributed by atoms with van der Waals surface area (Å²) in [7, 11) is 0. The highest BCUT2D eigenvalue weighted by Crippen LogP contribution is 2.30. The van der Waals surface area contributed by atoms with E-state index < -0.39 is 0 Å². The summed E-state index contributed by atoms with van der Waals surface area (Å²) in [6, 6.07) is 12.6. The third kappa shape index (κ3) is 3.26. The van der Waals surface area contributed by atoms with E-state index in [-0.39, 0.29) is 5.75 Å². The van der Waals surface area contributed by atoms with E-state index in [0.717, 1.165) is 0 Å². The molecule has 0 atom stereocenters. The lowest BCUT2D eigenvalue weighted by atomic mass is 10.2. The van der Waals surface area contributed by atoms with E-state index in [1.165, 1.54) is 0 Å².